The van der Waals surface area contributed by atoms with Gasteiger partial charge >= 0.3 is 0 Å². The van der Waals surface area contributed by atoms with Crippen molar-refractivity contribution in [1.29, 1.82) is 0 Å². The molecular formula is H2ORu3. The predicted octanol–water partition coefficient (Wildman–Crippen LogP) is -0.832. The smallest absolute Gasteiger partial charge is 0 e. The van der Waals surface area contributed by atoms with Crippen molar-refractivity contribution in [2.75, 3.05) is 0 Å². The summed E-state index contributed by atoms with van der Waals surface area (Å²) in [7, 11) is 0. The molecule has 0 fully saturated rings. The van der Waals surface area contributed by atoms with Crippen LogP contribution < -0.4 is 0 Å². The van der Waals surface area contributed by atoms with Crippen LogP contribution in [0.25, 0.3) is 0 Å². The van der Waals surface area contributed by atoms with Crippen LogP contribution in [0.2, 0.25) is 0 Å². The molecule has 0 saturated heterocycles. The predicted molar refractivity (Wildman–Crippen MR) is 3.61 cm³/mol. The molecule has 0 aromatic rings. The van der Waals surface area contributed by atoms with Crippen molar-refractivity contribution in [1.82, 2.24) is 0 Å². The minimum absolute atomic E-state index is 0. The Balaban J connectivity index is 0. The van der Waals surface area contributed by atoms with Gasteiger partial charge in [-0.15, -0.1) is 0 Å². The maximum absolute atomic E-state index is 0. The van der Waals surface area contributed by atoms with Crippen molar-refractivity contribution in [3.63, 3.8) is 0 Å². The second-order valence-electron chi connectivity index (χ2n) is 0. The van der Waals surface area contributed by atoms with E-state index in [1.807, 2.05) is 0 Å². The van der Waals surface area contributed by atoms with E-state index in [4.69, 9.17) is 0 Å². The Kier molecular flexibility index (Phi) is 215. The maximum Gasteiger partial charge on any atom is 0 e. The molecule has 1 nitrogen and oxygen atoms in total. The summed E-state index contributed by atoms with van der Waals surface area (Å²) in [4.78, 5) is 0. The molecule has 0 spiro atoms. The standard InChI is InChI=1S/H2O.3Ru/h1H2;;;. The normalized spacial score (nSPS) is 0. The molecule has 0 aliphatic carbocycles. The van der Waals surface area contributed by atoms with Gasteiger partial charge in [0.05, 0.1) is 0 Å². The van der Waals surface area contributed by atoms with Crippen LogP contribution in [-0.2, 0) is 58.4 Å². The summed E-state index contributed by atoms with van der Waals surface area (Å²) < 4.78 is 0. The van der Waals surface area contributed by atoms with E-state index < -0.39 is 0 Å². The quantitative estimate of drug-likeness (QED) is 0.522. The van der Waals surface area contributed by atoms with Gasteiger partial charge in [-0.3, -0.25) is 0 Å². The topological polar surface area (TPSA) is 31.5 Å². The Labute approximate surface area is 63.5 Å². The van der Waals surface area contributed by atoms with Crippen LogP contribution in [0.15, 0.2) is 0 Å². The third-order valence-electron chi connectivity index (χ3n) is 0. The van der Waals surface area contributed by atoms with Gasteiger partial charge in [0.1, 0.15) is 0 Å². The minimum Gasteiger partial charge on any atom is -0.412 e. The molecule has 0 aliphatic rings. The molecular weight excluding hydrogens is 319 g/mol. The fraction of sp³-hybridized carbons (Fsp3) is 0. The van der Waals surface area contributed by atoms with E-state index in [9.17, 15) is 0 Å². The van der Waals surface area contributed by atoms with Gasteiger partial charge < -0.3 is 5.48 Å². The first-order chi connectivity index (χ1) is 0. The van der Waals surface area contributed by atoms with E-state index in [1.54, 1.807) is 0 Å². The van der Waals surface area contributed by atoms with E-state index in [1.165, 1.54) is 0 Å². The Morgan fingerprint density at radius 2 is 0.500 bits per heavy atom. The summed E-state index contributed by atoms with van der Waals surface area (Å²) in [6, 6.07) is 0. The second kappa shape index (κ2) is 21.2. The maximum atomic E-state index is 0. The molecule has 0 unspecified atom stereocenters. The van der Waals surface area contributed by atoms with Gasteiger partial charge in [-0.1, -0.05) is 0 Å². The van der Waals surface area contributed by atoms with Crippen molar-refractivity contribution in [2.24, 2.45) is 0 Å². The molecule has 0 atom stereocenters. The van der Waals surface area contributed by atoms with Crippen molar-refractivity contribution in [3.8, 4) is 0 Å². The zero-order valence-electron chi connectivity index (χ0n) is 1.56. The first-order valence-electron chi connectivity index (χ1n) is 0. The van der Waals surface area contributed by atoms with Crippen LogP contribution in [0.3, 0.4) is 0 Å². The molecule has 4 heteroatoms. The second-order valence-corrected chi connectivity index (χ2v) is 0. The Hall–Kier alpha value is 1.83. The van der Waals surface area contributed by atoms with Gasteiger partial charge in [0.25, 0.3) is 0 Å². The van der Waals surface area contributed by atoms with E-state index in [2.05, 4.69) is 0 Å². The van der Waals surface area contributed by atoms with Crippen LogP contribution in [0.5, 0.6) is 0 Å². The fourth-order valence-corrected chi connectivity index (χ4v) is 0. The minimum atomic E-state index is 0. The summed E-state index contributed by atoms with van der Waals surface area (Å²) in [5.41, 5.74) is 0. The molecule has 0 rings (SSSR count). The Bertz CT molecular complexity index is 3.25. The van der Waals surface area contributed by atoms with Crippen LogP contribution in [-0.4, -0.2) is 5.48 Å². The monoisotopic (exact) mass is 324 g/mol. The summed E-state index contributed by atoms with van der Waals surface area (Å²) in [5.74, 6) is 0. The third kappa shape index (κ3) is 9.16. The molecule has 0 amide bonds. The Morgan fingerprint density at radius 3 is 0.500 bits per heavy atom. The van der Waals surface area contributed by atoms with Crippen molar-refractivity contribution < 1.29 is 63.9 Å². The van der Waals surface area contributed by atoms with Gasteiger partial charge in [-0.05, 0) is 0 Å². The van der Waals surface area contributed by atoms with E-state index in [0.717, 1.165) is 0 Å². The van der Waals surface area contributed by atoms with Crippen LogP contribution >= 0.6 is 0 Å². The van der Waals surface area contributed by atoms with Crippen molar-refractivity contribution >= 4 is 0 Å². The van der Waals surface area contributed by atoms with E-state index >= 15 is 0 Å². The molecule has 0 bridgehead atoms. The molecule has 0 radical (unpaired) electrons. The van der Waals surface area contributed by atoms with E-state index in [-0.39, 0.29) is 63.9 Å². The Morgan fingerprint density at radius 1 is 0.500 bits per heavy atom. The van der Waals surface area contributed by atoms with Crippen LogP contribution in [0.4, 0.5) is 0 Å². The van der Waals surface area contributed by atoms with Crippen molar-refractivity contribution in [2.45, 2.75) is 0 Å². The number of rotatable bonds is 0. The number of hydrogen-bond donors (Lipinski definition) is 0. The SMILES string of the molecule is O.[Ru].[Ru].[Ru]. The number of hydrogen-bond acceptors (Lipinski definition) is 0. The zero-order valence-corrected chi connectivity index (χ0v) is 6.77. The molecule has 4 heavy (non-hydrogen) atoms. The van der Waals surface area contributed by atoms with Gasteiger partial charge in [0.15, 0.2) is 0 Å². The average molecular weight is 321 g/mol. The molecule has 0 aromatic heterocycles. The molecule has 2 N–H and O–H groups in total. The molecule has 0 aliphatic heterocycles. The van der Waals surface area contributed by atoms with Crippen LogP contribution in [0, 0.1) is 0 Å². The first kappa shape index (κ1) is 40.6. The van der Waals surface area contributed by atoms with Gasteiger partial charge in [0.2, 0.25) is 0 Å². The molecule has 0 heterocycles. The van der Waals surface area contributed by atoms with Gasteiger partial charge in [-0.25, -0.2) is 0 Å². The summed E-state index contributed by atoms with van der Waals surface area (Å²) in [5, 5.41) is 0. The zero-order chi connectivity index (χ0) is 0. The summed E-state index contributed by atoms with van der Waals surface area (Å²) >= 11 is 0. The summed E-state index contributed by atoms with van der Waals surface area (Å²) in [6.07, 6.45) is 0. The largest absolute Gasteiger partial charge is 0.412 e. The molecule has 32 valence electrons. The third-order valence-corrected chi connectivity index (χ3v) is 0. The molecule has 0 saturated carbocycles. The molecule has 0 aromatic carbocycles. The van der Waals surface area contributed by atoms with Gasteiger partial charge in [-0.2, -0.15) is 0 Å². The van der Waals surface area contributed by atoms with Crippen LogP contribution in [0.1, 0.15) is 0 Å². The summed E-state index contributed by atoms with van der Waals surface area (Å²) in [6.45, 7) is 0. The van der Waals surface area contributed by atoms with E-state index in [0.29, 0.717) is 0 Å². The fourth-order valence-electron chi connectivity index (χ4n) is 0. The van der Waals surface area contributed by atoms with Gasteiger partial charge in [0, 0.05) is 58.4 Å². The van der Waals surface area contributed by atoms with Crippen molar-refractivity contribution in [3.05, 3.63) is 0 Å². The average Bonchev–Trinajstić information content (AvgIpc) is 0. The first-order valence-corrected chi connectivity index (χ1v) is 0.